The molecule has 0 radical (unpaired) electrons. The van der Waals surface area contributed by atoms with Gasteiger partial charge in [-0.2, -0.15) is 0 Å². The van der Waals surface area contributed by atoms with Gasteiger partial charge in [-0.25, -0.2) is 0 Å². The largest absolute Gasteiger partial charge is 0.0677 e. The molecule has 0 aliphatic rings. The van der Waals surface area contributed by atoms with Crippen molar-refractivity contribution in [3.63, 3.8) is 0 Å². The van der Waals surface area contributed by atoms with E-state index in [-0.39, 0.29) is 45.3 Å². The molecule has 0 heterocycles. The Morgan fingerprint density at radius 3 is 0.325 bits per heavy atom. The molecule has 0 bridgehead atoms. The van der Waals surface area contributed by atoms with Crippen molar-refractivity contribution in [3.8, 4) is 0 Å². The second kappa shape index (κ2) is 10.3. The molecule has 3 heteroatoms. The zero-order chi connectivity index (χ0) is 33.6. The zero-order valence-electron chi connectivity index (χ0n) is 33.6. The quantitative estimate of drug-likeness (QED) is 0.279. The Hall–Kier alpha value is 0.651. The fourth-order valence-electron chi connectivity index (χ4n) is 15.0. The molecule has 0 rings (SSSR count). The van der Waals surface area contributed by atoms with Crippen molar-refractivity contribution in [1.82, 2.24) is 0 Å². The standard InChI is InChI=1S/C37H82Si3/c1-29(2,3)38(30(4,5)6,31(7,8)9)28(39(32(10,11)12,33(13,14)15)34(16,17)18)40(35(19,20)21,36(22,23)24)37(25,26)27/h28H,1-27H3. The fourth-order valence-corrected chi connectivity index (χ4v) is 74.2. The molecule has 0 saturated heterocycles. The van der Waals surface area contributed by atoms with Crippen molar-refractivity contribution < 1.29 is 0 Å². The Morgan fingerprint density at radius 2 is 0.275 bits per heavy atom. The minimum absolute atomic E-state index is 0.230. The Bertz CT molecular complexity index is 631. The van der Waals surface area contributed by atoms with Crippen LogP contribution in [0.3, 0.4) is 0 Å². The summed E-state index contributed by atoms with van der Waals surface area (Å²) < 4.78 is 0. The number of rotatable bonds is 3. The summed E-state index contributed by atoms with van der Waals surface area (Å²) in [4.78, 5) is 0.771. The lowest BCUT2D eigenvalue weighted by Gasteiger charge is -2.81. The predicted molar refractivity (Wildman–Crippen MR) is 198 cm³/mol. The molecular formula is C37H82Si3. The third-order valence-corrected chi connectivity index (χ3v) is 43.6. The van der Waals surface area contributed by atoms with Crippen LogP contribution >= 0.6 is 0 Å². The first-order valence-electron chi connectivity index (χ1n) is 16.6. The van der Waals surface area contributed by atoms with Gasteiger partial charge in [0.15, 0.2) is 0 Å². The Morgan fingerprint density at radius 1 is 0.200 bits per heavy atom. The summed E-state index contributed by atoms with van der Waals surface area (Å²) in [7, 11) is -7.01. The van der Waals surface area contributed by atoms with E-state index in [0.29, 0.717) is 0 Å². The van der Waals surface area contributed by atoms with Crippen LogP contribution in [0.1, 0.15) is 187 Å². The first-order valence-corrected chi connectivity index (χ1v) is 22.8. The summed E-state index contributed by atoms with van der Waals surface area (Å²) in [6.07, 6.45) is 0. The maximum absolute atomic E-state index is 2.70. The molecule has 0 aliphatic heterocycles. The van der Waals surface area contributed by atoms with E-state index in [2.05, 4.69) is 187 Å². The van der Waals surface area contributed by atoms with Gasteiger partial charge in [0.1, 0.15) is 0 Å². The summed E-state index contributed by atoms with van der Waals surface area (Å²) in [5.41, 5.74) is 0. The molecule has 0 aromatic heterocycles. The first kappa shape index (κ1) is 40.7. The van der Waals surface area contributed by atoms with Gasteiger partial charge in [0.25, 0.3) is 0 Å². The van der Waals surface area contributed by atoms with Crippen molar-refractivity contribution in [3.05, 3.63) is 0 Å². The van der Waals surface area contributed by atoms with E-state index >= 15 is 0 Å². The molecule has 0 nitrogen and oxygen atoms in total. The third kappa shape index (κ3) is 5.52. The van der Waals surface area contributed by atoms with Crippen molar-refractivity contribution in [1.29, 1.82) is 0 Å². The molecule has 0 atom stereocenters. The van der Waals surface area contributed by atoms with E-state index in [4.69, 9.17) is 0 Å². The third-order valence-electron chi connectivity index (χ3n) is 11.9. The number of hydrogen-bond acceptors (Lipinski definition) is 0. The van der Waals surface area contributed by atoms with Gasteiger partial charge in [-0.15, -0.1) is 0 Å². The Labute approximate surface area is 260 Å². The van der Waals surface area contributed by atoms with E-state index in [9.17, 15) is 0 Å². The lowest BCUT2D eigenvalue weighted by molar-refractivity contribution is 0.466. The van der Waals surface area contributed by atoms with E-state index in [1.54, 1.807) is 0 Å². The summed E-state index contributed by atoms with van der Waals surface area (Å²) in [6.45, 7) is 72.8. The van der Waals surface area contributed by atoms with Gasteiger partial charge < -0.3 is 0 Å². The minimum atomic E-state index is -2.34. The molecule has 0 amide bonds. The molecule has 0 aromatic rings. The highest BCUT2D eigenvalue weighted by Crippen LogP contribution is 2.84. The van der Waals surface area contributed by atoms with Gasteiger partial charge in [-0.05, 0) is 50.1 Å². The molecule has 0 saturated carbocycles. The fraction of sp³-hybridized carbons (Fsp3) is 1.00. The zero-order valence-corrected chi connectivity index (χ0v) is 36.6. The van der Waals surface area contributed by atoms with Gasteiger partial charge in [0.2, 0.25) is 0 Å². The molecule has 0 N–H and O–H groups in total. The van der Waals surface area contributed by atoms with Gasteiger partial charge >= 0.3 is 0 Å². The molecule has 0 fully saturated rings. The van der Waals surface area contributed by atoms with Crippen LogP contribution in [0, 0.1) is 0 Å². The summed E-state index contributed by atoms with van der Waals surface area (Å²) >= 11 is 0. The van der Waals surface area contributed by atoms with Crippen LogP contribution in [0.15, 0.2) is 0 Å². The first-order chi connectivity index (χ1) is 16.6. The van der Waals surface area contributed by atoms with Gasteiger partial charge in [0, 0.05) is 0 Å². The van der Waals surface area contributed by atoms with Gasteiger partial charge in [-0.3, -0.25) is 0 Å². The van der Waals surface area contributed by atoms with Crippen molar-refractivity contribution in [2.24, 2.45) is 0 Å². The lowest BCUT2D eigenvalue weighted by Crippen LogP contribution is -2.83. The highest BCUT2D eigenvalue weighted by atomic mass is 28.5. The molecule has 242 valence electrons. The van der Waals surface area contributed by atoms with Gasteiger partial charge in [0.05, 0.1) is 24.2 Å². The predicted octanol–water partition coefficient (Wildman–Crippen LogP) is 15.0. The Balaban J connectivity index is 10.1. The highest BCUT2D eigenvalue weighted by molar-refractivity contribution is 7.21. The average Bonchev–Trinajstić information content (AvgIpc) is 2.41. The van der Waals surface area contributed by atoms with Crippen LogP contribution in [0.25, 0.3) is 0 Å². The van der Waals surface area contributed by atoms with Crippen LogP contribution in [0.4, 0.5) is 0 Å². The van der Waals surface area contributed by atoms with Crippen LogP contribution in [-0.4, -0.2) is 24.2 Å². The maximum Gasteiger partial charge on any atom is 0.0677 e. The molecule has 0 spiro atoms. The minimum Gasteiger partial charge on any atom is -0.0625 e. The van der Waals surface area contributed by atoms with E-state index < -0.39 is 24.2 Å². The number of hydrogen-bond donors (Lipinski definition) is 0. The second-order valence-corrected chi connectivity index (χ2v) is 44.9. The Kier molecular flexibility index (Phi) is 10.5. The second-order valence-electron chi connectivity index (χ2n) is 23.1. The summed E-state index contributed by atoms with van der Waals surface area (Å²) in [5.74, 6) is 0. The average molecular weight is 611 g/mol. The van der Waals surface area contributed by atoms with Crippen LogP contribution in [-0.2, 0) is 0 Å². The molecule has 40 heavy (non-hydrogen) atoms. The van der Waals surface area contributed by atoms with Crippen LogP contribution < -0.4 is 0 Å². The highest BCUT2D eigenvalue weighted by Gasteiger charge is 2.82. The SMILES string of the molecule is CC(C)(C)[Si](C([Si](C(C)(C)C)(C(C)(C)C)C(C)(C)C)[Si](C(C)(C)C)(C(C)(C)C)C(C)(C)C)(C(C)(C)C)C(C)(C)C. The van der Waals surface area contributed by atoms with Crippen molar-refractivity contribution in [2.45, 2.75) is 237 Å². The van der Waals surface area contributed by atoms with Crippen LogP contribution in [0.2, 0.25) is 50.1 Å². The van der Waals surface area contributed by atoms with Gasteiger partial charge in [-0.1, -0.05) is 187 Å². The van der Waals surface area contributed by atoms with E-state index in [0.717, 1.165) is 4.79 Å². The smallest absolute Gasteiger partial charge is 0.0625 e. The molecule has 0 unspecified atom stereocenters. The monoisotopic (exact) mass is 611 g/mol. The normalized spacial score (nSPS) is 17.1. The molecule has 0 aromatic carbocycles. The van der Waals surface area contributed by atoms with Crippen molar-refractivity contribution >= 4 is 24.2 Å². The van der Waals surface area contributed by atoms with E-state index in [1.807, 2.05) is 0 Å². The molecular weight excluding hydrogens is 529 g/mol. The summed E-state index contributed by atoms with van der Waals surface area (Å²) in [5, 5.41) is 2.07. The maximum atomic E-state index is 2.70. The van der Waals surface area contributed by atoms with Crippen LogP contribution in [0.5, 0.6) is 0 Å². The van der Waals surface area contributed by atoms with E-state index in [1.165, 1.54) is 0 Å². The molecule has 0 aliphatic carbocycles. The summed E-state index contributed by atoms with van der Waals surface area (Å²) in [6, 6.07) is 0. The van der Waals surface area contributed by atoms with Crippen molar-refractivity contribution in [2.75, 3.05) is 0 Å². The topological polar surface area (TPSA) is 0 Å². The lowest BCUT2D eigenvalue weighted by atomic mass is 10.2.